The maximum Gasteiger partial charge on any atom is 0.302 e. The highest BCUT2D eigenvalue weighted by Gasteiger charge is 1.94. The molecule has 0 radical (unpaired) electrons. The van der Waals surface area contributed by atoms with Crippen molar-refractivity contribution in [3.63, 3.8) is 0 Å². The lowest BCUT2D eigenvalue weighted by molar-refractivity contribution is -0.142. The van der Waals surface area contributed by atoms with Crippen molar-refractivity contribution in [2.75, 3.05) is 13.2 Å². The summed E-state index contributed by atoms with van der Waals surface area (Å²) in [4.78, 5) is 20.9. The van der Waals surface area contributed by atoms with Crippen LogP contribution in [0.2, 0.25) is 0 Å². The Balaban J connectivity index is 0. The minimum absolute atomic E-state index is 0.165. The Kier molecular flexibility index (Phi) is 29.5. The summed E-state index contributed by atoms with van der Waals surface area (Å²) < 4.78 is 9.72. The van der Waals surface area contributed by atoms with Crippen LogP contribution in [-0.4, -0.2) is 25.2 Å². The highest BCUT2D eigenvalue weighted by molar-refractivity contribution is 5.66. The van der Waals surface area contributed by atoms with E-state index in [1.54, 1.807) is 0 Å². The quantitative estimate of drug-likeness (QED) is 0.0810. The fourth-order valence-electron chi connectivity index (χ4n) is 2.99. The Bertz CT molecular complexity index is 480. The Labute approximate surface area is 198 Å². The molecule has 4 nitrogen and oxygen atoms in total. The summed E-state index contributed by atoms with van der Waals surface area (Å²) in [6, 6.07) is 0. The molecule has 0 aliphatic rings. The Morgan fingerprint density at radius 2 is 1.03 bits per heavy atom. The van der Waals surface area contributed by atoms with Gasteiger partial charge in [0.2, 0.25) is 0 Å². The van der Waals surface area contributed by atoms with Crippen LogP contribution in [0.3, 0.4) is 0 Å². The van der Waals surface area contributed by atoms with E-state index < -0.39 is 0 Å². The molecule has 0 bridgehead atoms. The van der Waals surface area contributed by atoms with E-state index in [0.717, 1.165) is 38.5 Å². The fraction of sp³-hybridized carbons (Fsp3) is 0.714. The molecule has 0 aromatic rings. The van der Waals surface area contributed by atoms with Crippen molar-refractivity contribution in [3.8, 4) is 0 Å². The van der Waals surface area contributed by atoms with Gasteiger partial charge in [0, 0.05) is 13.8 Å². The molecule has 32 heavy (non-hydrogen) atoms. The van der Waals surface area contributed by atoms with Gasteiger partial charge >= 0.3 is 11.9 Å². The summed E-state index contributed by atoms with van der Waals surface area (Å²) in [5, 5.41) is 0. The lowest BCUT2D eigenvalue weighted by atomic mass is 10.1. The van der Waals surface area contributed by atoms with Gasteiger partial charge in [-0.1, -0.05) is 88.7 Å². The smallest absolute Gasteiger partial charge is 0.302 e. The molecular weight excluding hydrogens is 400 g/mol. The number of rotatable bonds is 20. The number of carbonyl (C=O) groups is 2. The van der Waals surface area contributed by atoms with Crippen molar-refractivity contribution in [1.82, 2.24) is 0 Å². The van der Waals surface area contributed by atoms with Crippen molar-refractivity contribution in [2.45, 2.75) is 117 Å². The molecule has 0 rings (SSSR count). The van der Waals surface area contributed by atoms with Gasteiger partial charge in [-0.2, -0.15) is 0 Å². The van der Waals surface area contributed by atoms with E-state index in [9.17, 15) is 9.59 Å². The summed E-state index contributed by atoms with van der Waals surface area (Å²) in [5.74, 6) is -0.340. The van der Waals surface area contributed by atoms with Crippen LogP contribution in [0, 0.1) is 0 Å². The molecule has 0 atom stereocenters. The first-order chi connectivity index (χ1) is 15.5. The van der Waals surface area contributed by atoms with Crippen LogP contribution in [0.4, 0.5) is 0 Å². The summed E-state index contributed by atoms with van der Waals surface area (Å²) >= 11 is 0. The number of allylic oxidation sites excluding steroid dienone is 5. The molecule has 0 aliphatic heterocycles. The van der Waals surface area contributed by atoms with E-state index in [1.807, 2.05) is 6.08 Å². The van der Waals surface area contributed by atoms with Crippen molar-refractivity contribution in [1.29, 1.82) is 0 Å². The lowest BCUT2D eigenvalue weighted by Crippen LogP contribution is -2.00. The molecule has 186 valence electrons. The molecule has 0 unspecified atom stereocenters. The SMILES string of the molecule is C=CCCCCCCCCCCOC(C)=O.CC/C=C/C=C/CCCCCCOC(C)=O. The monoisotopic (exact) mass is 450 g/mol. The molecule has 0 aliphatic carbocycles. The van der Waals surface area contributed by atoms with E-state index in [1.165, 1.54) is 71.6 Å². The maximum absolute atomic E-state index is 10.5. The van der Waals surface area contributed by atoms with Crippen LogP contribution in [0.15, 0.2) is 37.0 Å². The summed E-state index contributed by atoms with van der Waals surface area (Å²) in [5.41, 5.74) is 0. The lowest BCUT2D eigenvalue weighted by Gasteiger charge is -2.02. The third-order valence-corrected chi connectivity index (χ3v) is 4.80. The maximum atomic E-state index is 10.5. The van der Waals surface area contributed by atoms with E-state index >= 15 is 0 Å². The first-order valence-corrected chi connectivity index (χ1v) is 12.7. The van der Waals surface area contributed by atoms with Gasteiger partial charge in [0.25, 0.3) is 0 Å². The normalized spacial score (nSPS) is 10.7. The molecule has 0 aromatic carbocycles. The molecule has 0 heterocycles. The predicted octanol–water partition coefficient (Wildman–Crippen LogP) is 8.27. The van der Waals surface area contributed by atoms with Crippen molar-refractivity contribution in [3.05, 3.63) is 37.0 Å². The van der Waals surface area contributed by atoms with E-state index in [0.29, 0.717) is 13.2 Å². The van der Waals surface area contributed by atoms with Gasteiger partial charge in [-0.3, -0.25) is 9.59 Å². The molecule has 0 amide bonds. The average Bonchev–Trinajstić information content (AvgIpc) is 2.76. The van der Waals surface area contributed by atoms with E-state index in [4.69, 9.17) is 9.47 Å². The van der Waals surface area contributed by atoms with Gasteiger partial charge in [0.15, 0.2) is 0 Å². The van der Waals surface area contributed by atoms with Crippen LogP contribution in [0.1, 0.15) is 117 Å². The zero-order valence-electron chi connectivity index (χ0n) is 21.2. The van der Waals surface area contributed by atoms with Gasteiger partial charge in [-0.25, -0.2) is 0 Å². The number of hydrogen-bond acceptors (Lipinski definition) is 4. The largest absolute Gasteiger partial charge is 0.466 e. The summed E-state index contributed by atoms with van der Waals surface area (Å²) in [7, 11) is 0. The van der Waals surface area contributed by atoms with Crippen LogP contribution in [0.25, 0.3) is 0 Å². The van der Waals surface area contributed by atoms with Crippen molar-refractivity contribution >= 4 is 11.9 Å². The summed E-state index contributed by atoms with van der Waals surface area (Å²) in [6.07, 6.45) is 28.6. The second-order valence-electron chi connectivity index (χ2n) is 8.05. The Morgan fingerprint density at radius 3 is 1.47 bits per heavy atom. The van der Waals surface area contributed by atoms with Gasteiger partial charge in [-0.05, 0) is 44.9 Å². The van der Waals surface area contributed by atoms with E-state index in [-0.39, 0.29) is 11.9 Å². The third-order valence-electron chi connectivity index (χ3n) is 4.80. The molecule has 0 N–H and O–H groups in total. The average molecular weight is 451 g/mol. The van der Waals surface area contributed by atoms with Crippen LogP contribution < -0.4 is 0 Å². The minimum Gasteiger partial charge on any atom is -0.466 e. The number of ether oxygens (including phenoxy) is 2. The van der Waals surface area contributed by atoms with Crippen LogP contribution in [-0.2, 0) is 19.1 Å². The predicted molar refractivity (Wildman–Crippen MR) is 137 cm³/mol. The molecule has 0 fully saturated rings. The van der Waals surface area contributed by atoms with Gasteiger partial charge in [0.05, 0.1) is 13.2 Å². The first kappa shape index (κ1) is 32.3. The molecule has 0 saturated heterocycles. The Hall–Kier alpha value is -1.84. The first-order valence-electron chi connectivity index (χ1n) is 12.7. The highest BCUT2D eigenvalue weighted by atomic mass is 16.5. The molecule has 0 aromatic heterocycles. The highest BCUT2D eigenvalue weighted by Crippen LogP contribution is 2.09. The Morgan fingerprint density at radius 1 is 0.625 bits per heavy atom. The van der Waals surface area contributed by atoms with Crippen LogP contribution in [0.5, 0.6) is 0 Å². The fourth-order valence-corrected chi connectivity index (χ4v) is 2.99. The molecule has 0 saturated carbocycles. The molecule has 4 heteroatoms. The minimum atomic E-state index is -0.175. The zero-order chi connectivity index (χ0) is 24.1. The topological polar surface area (TPSA) is 52.6 Å². The van der Waals surface area contributed by atoms with Crippen molar-refractivity contribution in [2.24, 2.45) is 0 Å². The molecule has 0 spiro atoms. The number of carbonyl (C=O) groups excluding carboxylic acids is 2. The number of hydrogen-bond donors (Lipinski definition) is 0. The third kappa shape index (κ3) is 35.6. The van der Waals surface area contributed by atoms with Crippen molar-refractivity contribution < 1.29 is 19.1 Å². The van der Waals surface area contributed by atoms with Crippen LogP contribution >= 0.6 is 0 Å². The van der Waals surface area contributed by atoms with Gasteiger partial charge in [-0.15, -0.1) is 6.58 Å². The summed E-state index contributed by atoms with van der Waals surface area (Å²) in [6.45, 7) is 9.93. The van der Waals surface area contributed by atoms with Gasteiger partial charge < -0.3 is 9.47 Å². The second-order valence-corrected chi connectivity index (χ2v) is 8.05. The standard InChI is InChI=1S/C14H26O2.C14H24O2/c2*1-3-4-5-6-7-8-9-10-11-12-13-16-14(2)15/h3H,1,4-13H2,2H3;4-7H,3,8-13H2,1-2H3/b;5-4+,7-6+. The number of unbranched alkanes of at least 4 members (excludes halogenated alkanes) is 12. The second kappa shape index (κ2) is 29.2. The van der Waals surface area contributed by atoms with E-state index in [2.05, 4.69) is 37.8 Å². The van der Waals surface area contributed by atoms with Gasteiger partial charge in [0.1, 0.15) is 0 Å². The molecular formula is C28H50O4. The number of esters is 2. The zero-order valence-corrected chi connectivity index (χ0v) is 21.2.